The summed E-state index contributed by atoms with van der Waals surface area (Å²) in [5, 5.41) is 12.4. The van der Waals surface area contributed by atoms with Crippen molar-refractivity contribution in [3.8, 4) is 0 Å². The third-order valence-electron chi connectivity index (χ3n) is 2.61. The smallest absolute Gasteiger partial charge is 0.0582 e. The van der Waals surface area contributed by atoms with Crippen molar-refractivity contribution in [2.75, 3.05) is 6.61 Å². The van der Waals surface area contributed by atoms with Gasteiger partial charge in [-0.15, -0.1) is 0 Å². The highest BCUT2D eigenvalue weighted by molar-refractivity contribution is 5.15. The molecule has 1 aromatic carbocycles. The minimum Gasteiger partial charge on any atom is -0.395 e. The topological polar surface area (TPSA) is 32.3 Å². The second kappa shape index (κ2) is 6.59. The van der Waals surface area contributed by atoms with E-state index in [-0.39, 0.29) is 12.6 Å². The molecule has 0 saturated carbocycles. The lowest BCUT2D eigenvalue weighted by atomic mass is 10.0. The quantitative estimate of drug-likeness (QED) is 0.747. The van der Waals surface area contributed by atoms with Gasteiger partial charge in [-0.25, -0.2) is 0 Å². The molecule has 0 fully saturated rings. The summed E-state index contributed by atoms with van der Waals surface area (Å²) in [6.07, 6.45) is 2.11. The van der Waals surface area contributed by atoms with E-state index >= 15 is 0 Å². The summed E-state index contributed by atoms with van der Waals surface area (Å²) < 4.78 is 0. The van der Waals surface area contributed by atoms with E-state index in [9.17, 15) is 0 Å². The summed E-state index contributed by atoms with van der Waals surface area (Å²) in [4.78, 5) is 0. The molecular weight excluding hydrogens is 186 g/mol. The predicted octanol–water partition coefficient (Wildman–Crippen LogP) is 1.98. The van der Waals surface area contributed by atoms with Gasteiger partial charge in [0.05, 0.1) is 6.61 Å². The van der Waals surface area contributed by atoms with Crippen molar-refractivity contribution < 1.29 is 5.11 Å². The molecule has 2 N–H and O–H groups in total. The average Bonchev–Trinajstić information content (AvgIpc) is 2.29. The number of aliphatic hydroxyl groups is 1. The van der Waals surface area contributed by atoms with Crippen molar-refractivity contribution in [2.45, 2.75) is 38.8 Å². The van der Waals surface area contributed by atoms with Crippen molar-refractivity contribution in [3.05, 3.63) is 35.9 Å². The fraction of sp³-hybridized carbons (Fsp3) is 0.538. The van der Waals surface area contributed by atoms with E-state index in [0.29, 0.717) is 6.04 Å². The number of rotatable bonds is 6. The highest BCUT2D eigenvalue weighted by Gasteiger charge is 2.09. The molecule has 1 rings (SSSR count). The van der Waals surface area contributed by atoms with Crippen molar-refractivity contribution >= 4 is 0 Å². The summed E-state index contributed by atoms with van der Waals surface area (Å²) in [5.41, 5.74) is 1.35. The first-order valence-corrected chi connectivity index (χ1v) is 5.67. The lowest BCUT2D eigenvalue weighted by Crippen LogP contribution is -2.39. The minimum atomic E-state index is 0.179. The van der Waals surface area contributed by atoms with E-state index in [4.69, 9.17) is 5.11 Å². The number of benzene rings is 1. The van der Waals surface area contributed by atoms with Crippen LogP contribution in [-0.4, -0.2) is 23.8 Å². The maximum Gasteiger partial charge on any atom is 0.0582 e. The van der Waals surface area contributed by atoms with Gasteiger partial charge in [0.2, 0.25) is 0 Å². The third-order valence-corrected chi connectivity index (χ3v) is 2.61. The van der Waals surface area contributed by atoms with Crippen molar-refractivity contribution in [1.29, 1.82) is 0 Å². The third kappa shape index (κ3) is 4.45. The molecule has 84 valence electrons. The van der Waals surface area contributed by atoms with Crippen LogP contribution in [0.25, 0.3) is 0 Å². The van der Waals surface area contributed by atoms with Gasteiger partial charge in [-0.3, -0.25) is 0 Å². The van der Waals surface area contributed by atoms with Crippen molar-refractivity contribution in [1.82, 2.24) is 5.32 Å². The molecule has 15 heavy (non-hydrogen) atoms. The van der Waals surface area contributed by atoms with Gasteiger partial charge < -0.3 is 10.4 Å². The summed E-state index contributed by atoms with van der Waals surface area (Å²) in [7, 11) is 0. The lowest BCUT2D eigenvalue weighted by Gasteiger charge is -2.21. The standard InChI is InChI=1S/C13H21NO/c1-3-13(14-11(2)10-15)9-12-7-5-4-6-8-12/h4-8,11,13-15H,3,9-10H2,1-2H3/t11-,13?/m1/s1. The molecule has 2 nitrogen and oxygen atoms in total. The number of nitrogens with one attached hydrogen (secondary N) is 1. The first-order valence-electron chi connectivity index (χ1n) is 5.67. The van der Waals surface area contributed by atoms with Crippen LogP contribution in [0.3, 0.4) is 0 Å². The summed E-state index contributed by atoms with van der Waals surface area (Å²) in [6, 6.07) is 11.1. The molecule has 0 aliphatic carbocycles. The molecule has 0 radical (unpaired) electrons. The van der Waals surface area contributed by atoms with Crippen LogP contribution in [-0.2, 0) is 6.42 Å². The second-order valence-corrected chi connectivity index (χ2v) is 4.05. The molecular formula is C13H21NO. The fourth-order valence-corrected chi connectivity index (χ4v) is 1.67. The largest absolute Gasteiger partial charge is 0.395 e. The van der Waals surface area contributed by atoms with E-state index in [2.05, 4.69) is 36.5 Å². The Bertz CT molecular complexity index is 260. The van der Waals surface area contributed by atoms with Crippen LogP contribution in [0.5, 0.6) is 0 Å². The minimum absolute atomic E-state index is 0.179. The van der Waals surface area contributed by atoms with E-state index in [1.807, 2.05) is 13.0 Å². The van der Waals surface area contributed by atoms with E-state index in [1.54, 1.807) is 0 Å². The number of aliphatic hydroxyl groups excluding tert-OH is 1. The van der Waals surface area contributed by atoms with Crippen LogP contribution in [0.2, 0.25) is 0 Å². The summed E-state index contributed by atoms with van der Waals surface area (Å²) >= 11 is 0. The van der Waals surface area contributed by atoms with Crippen molar-refractivity contribution in [2.24, 2.45) is 0 Å². The van der Waals surface area contributed by atoms with Crippen LogP contribution in [0, 0.1) is 0 Å². The Morgan fingerprint density at radius 3 is 2.47 bits per heavy atom. The Kier molecular flexibility index (Phi) is 5.37. The highest BCUT2D eigenvalue weighted by atomic mass is 16.3. The maximum atomic E-state index is 8.98. The van der Waals surface area contributed by atoms with Crippen LogP contribution < -0.4 is 5.32 Å². The SMILES string of the molecule is CCC(Cc1ccccc1)N[C@H](C)CO. The van der Waals surface area contributed by atoms with Gasteiger partial charge in [-0.2, -0.15) is 0 Å². The Morgan fingerprint density at radius 2 is 1.93 bits per heavy atom. The Hall–Kier alpha value is -0.860. The van der Waals surface area contributed by atoms with E-state index in [0.717, 1.165) is 12.8 Å². The van der Waals surface area contributed by atoms with Crippen LogP contribution in [0.15, 0.2) is 30.3 Å². The number of hydrogen-bond donors (Lipinski definition) is 2. The molecule has 0 amide bonds. The van der Waals surface area contributed by atoms with Gasteiger partial charge in [0.15, 0.2) is 0 Å². The second-order valence-electron chi connectivity index (χ2n) is 4.05. The van der Waals surface area contributed by atoms with Gasteiger partial charge in [-0.1, -0.05) is 37.3 Å². The zero-order chi connectivity index (χ0) is 11.1. The lowest BCUT2D eigenvalue weighted by molar-refractivity contribution is 0.239. The zero-order valence-electron chi connectivity index (χ0n) is 9.61. The predicted molar refractivity (Wildman–Crippen MR) is 63.9 cm³/mol. The zero-order valence-corrected chi connectivity index (χ0v) is 9.61. The first kappa shape index (κ1) is 12.2. The monoisotopic (exact) mass is 207 g/mol. The maximum absolute atomic E-state index is 8.98. The normalized spacial score (nSPS) is 14.9. The molecule has 0 spiro atoms. The average molecular weight is 207 g/mol. The van der Waals surface area contributed by atoms with Gasteiger partial charge in [0.1, 0.15) is 0 Å². The van der Waals surface area contributed by atoms with Gasteiger partial charge >= 0.3 is 0 Å². The molecule has 0 saturated heterocycles. The summed E-state index contributed by atoms with van der Waals surface area (Å²) in [5.74, 6) is 0. The molecule has 1 unspecified atom stereocenters. The molecule has 0 heterocycles. The van der Waals surface area contributed by atoms with Crippen LogP contribution in [0.4, 0.5) is 0 Å². The number of hydrogen-bond acceptors (Lipinski definition) is 2. The van der Waals surface area contributed by atoms with Gasteiger partial charge in [0, 0.05) is 12.1 Å². The highest BCUT2D eigenvalue weighted by Crippen LogP contribution is 2.06. The first-order chi connectivity index (χ1) is 7.26. The molecule has 2 atom stereocenters. The van der Waals surface area contributed by atoms with Crippen LogP contribution in [0.1, 0.15) is 25.8 Å². The Balaban J connectivity index is 2.47. The van der Waals surface area contributed by atoms with Gasteiger partial charge in [-0.05, 0) is 25.3 Å². The van der Waals surface area contributed by atoms with Crippen molar-refractivity contribution in [3.63, 3.8) is 0 Å². The fourth-order valence-electron chi connectivity index (χ4n) is 1.67. The molecule has 0 aliphatic heterocycles. The molecule has 1 aromatic rings. The Morgan fingerprint density at radius 1 is 1.27 bits per heavy atom. The summed E-state index contributed by atoms with van der Waals surface area (Å²) in [6.45, 7) is 4.38. The van der Waals surface area contributed by atoms with E-state index < -0.39 is 0 Å². The molecule has 0 aromatic heterocycles. The van der Waals surface area contributed by atoms with Crippen LogP contribution >= 0.6 is 0 Å². The van der Waals surface area contributed by atoms with E-state index in [1.165, 1.54) is 5.56 Å². The Labute approximate surface area is 92.3 Å². The van der Waals surface area contributed by atoms with Gasteiger partial charge in [0.25, 0.3) is 0 Å². The molecule has 0 bridgehead atoms. The molecule has 2 heteroatoms. The molecule has 0 aliphatic rings.